The Balaban J connectivity index is 1.76. The van der Waals surface area contributed by atoms with Gasteiger partial charge in [0.05, 0.1) is 19.8 Å². The van der Waals surface area contributed by atoms with Crippen molar-refractivity contribution in [1.82, 2.24) is 10.3 Å². The molecule has 1 aromatic rings. The zero-order valence-corrected chi connectivity index (χ0v) is 12.3. The molecule has 2 aliphatic rings. The third-order valence-corrected chi connectivity index (χ3v) is 3.91. The number of nitrogens with zero attached hydrogens (tertiary/aromatic N) is 2. The molecule has 0 radical (unpaired) electrons. The van der Waals surface area contributed by atoms with Gasteiger partial charge < -0.3 is 19.7 Å². The van der Waals surface area contributed by atoms with E-state index in [1.807, 2.05) is 19.1 Å². The Morgan fingerprint density at radius 2 is 2.29 bits per heavy atom. The summed E-state index contributed by atoms with van der Waals surface area (Å²) in [6.07, 6.45) is 3.62. The molecule has 2 fully saturated rings. The van der Waals surface area contributed by atoms with Crippen molar-refractivity contribution in [1.29, 1.82) is 0 Å². The fraction of sp³-hybridized carbons (Fsp3) is 0.600. The van der Waals surface area contributed by atoms with Crippen LogP contribution in [0, 0.1) is 0 Å². The summed E-state index contributed by atoms with van der Waals surface area (Å²) in [6, 6.07) is 3.76. The Morgan fingerprint density at radius 3 is 3.05 bits per heavy atom. The zero-order chi connectivity index (χ0) is 14.7. The van der Waals surface area contributed by atoms with Crippen molar-refractivity contribution >= 4 is 11.6 Å². The van der Waals surface area contributed by atoms with E-state index < -0.39 is 5.79 Å². The van der Waals surface area contributed by atoms with Gasteiger partial charge in [0.25, 0.3) is 5.91 Å². The highest BCUT2D eigenvalue weighted by molar-refractivity contribution is 5.93. The lowest BCUT2D eigenvalue weighted by molar-refractivity contribution is -0.161. The van der Waals surface area contributed by atoms with Crippen LogP contribution in [0.1, 0.15) is 30.3 Å². The Hall–Kier alpha value is -1.66. The molecule has 1 spiro atoms. The Kier molecular flexibility index (Phi) is 4.07. The molecule has 0 bridgehead atoms. The number of aromatic nitrogens is 1. The van der Waals surface area contributed by atoms with Crippen LogP contribution in [-0.4, -0.2) is 49.5 Å². The number of anilines is 1. The highest BCUT2D eigenvalue weighted by atomic mass is 16.7. The quantitative estimate of drug-likeness (QED) is 0.906. The number of carbonyl (C=O) groups excluding carboxylic acids is 1. The first-order valence-electron chi connectivity index (χ1n) is 7.49. The number of hydrogen-bond donors (Lipinski definition) is 1. The van der Waals surface area contributed by atoms with Crippen LogP contribution < -0.4 is 10.2 Å². The number of carbonyl (C=O) groups is 1. The van der Waals surface area contributed by atoms with Crippen molar-refractivity contribution in [3.05, 3.63) is 24.0 Å². The molecule has 0 atom stereocenters. The molecule has 2 aliphatic heterocycles. The van der Waals surface area contributed by atoms with Crippen molar-refractivity contribution in [2.75, 3.05) is 37.7 Å². The van der Waals surface area contributed by atoms with E-state index in [2.05, 4.69) is 15.2 Å². The Bertz CT molecular complexity index is 515. The molecular weight excluding hydrogens is 270 g/mol. The second kappa shape index (κ2) is 5.99. The normalized spacial score (nSPS) is 20.7. The second-order valence-electron chi connectivity index (χ2n) is 5.39. The van der Waals surface area contributed by atoms with E-state index in [1.165, 1.54) is 0 Å². The van der Waals surface area contributed by atoms with Crippen molar-refractivity contribution in [3.8, 4) is 0 Å². The summed E-state index contributed by atoms with van der Waals surface area (Å²) < 4.78 is 11.6. The average Bonchev–Trinajstić information content (AvgIpc) is 2.95. The highest BCUT2D eigenvalue weighted by Gasteiger charge is 2.40. The van der Waals surface area contributed by atoms with Crippen LogP contribution in [0.15, 0.2) is 18.3 Å². The molecule has 1 N–H and O–H groups in total. The number of rotatable bonds is 3. The van der Waals surface area contributed by atoms with E-state index in [0.717, 1.165) is 25.1 Å². The van der Waals surface area contributed by atoms with Crippen LogP contribution >= 0.6 is 0 Å². The maximum atomic E-state index is 11.9. The van der Waals surface area contributed by atoms with Gasteiger partial charge in [-0.25, -0.2) is 0 Å². The van der Waals surface area contributed by atoms with Crippen LogP contribution in [0.3, 0.4) is 0 Å². The summed E-state index contributed by atoms with van der Waals surface area (Å²) in [5, 5.41) is 2.77. The molecule has 3 rings (SSSR count). The van der Waals surface area contributed by atoms with E-state index in [-0.39, 0.29) is 5.91 Å². The molecule has 1 aromatic heterocycles. The molecule has 0 unspecified atom stereocenters. The van der Waals surface area contributed by atoms with Gasteiger partial charge in [0.1, 0.15) is 5.69 Å². The lowest BCUT2D eigenvalue weighted by Gasteiger charge is -2.39. The molecule has 114 valence electrons. The summed E-state index contributed by atoms with van der Waals surface area (Å²) >= 11 is 0. The molecule has 6 nitrogen and oxygen atoms in total. The van der Waals surface area contributed by atoms with Gasteiger partial charge in [0, 0.05) is 31.4 Å². The van der Waals surface area contributed by atoms with E-state index in [0.29, 0.717) is 32.0 Å². The fourth-order valence-electron chi connectivity index (χ4n) is 2.93. The second-order valence-corrected chi connectivity index (χ2v) is 5.39. The summed E-state index contributed by atoms with van der Waals surface area (Å²) in [4.78, 5) is 18.2. The molecule has 21 heavy (non-hydrogen) atoms. The third-order valence-electron chi connectivity index (χ3n) is 3.91. The van der Waals surface area contributed by atoms with Crippen LogP contribution in [0.2, 0.25) is 0 Å². The van der Waals surface area contributed by atoms with Gasteiger partial charge in [-0.2, -0.15) is 0 Å². The van der Waals surface area contributed by atoms with E-state index in [1.54, 1.807) is 6.20 Å². The third kappa shape index (κ3) is 3.01. The summed E-state index contributed by atoms with van der Waals surface area (Å²) in [6.45, 7) is 5.45. The molecular formula is C15H21N3O3. The number of hydrogen-bond acceptors (Lipinski definition) is 5. The standard InChI is InChI=1S/C15H21N3O3/c1-2-16-14(19)13-10-12(4-6-17-13)18-7-3-5-15(11-18)20-8-9-21-15/h4,6,10H,2-3,5,7-9,11H2,1H3,(H,16,19). The fourth-order valence-corrected chi connectivity index (χ4v) is 2.93. The number of nitrogens with one attached hydrogen (secondary N) is 1. The first-order chi connectivity index (χ1) is 10.2. The predicted octanol–water partition coefficient (Wildman–Crippen LogP) is 1.17. The summed E-state index contributed by atoms with van der Waals surface area (Å²) in [5.41, 5.74) is 1.44. The molecule has 6 heteroatoms. The van der Waals surface area contributed by atoms with Crippen molar-refractivity contribution in [2.45, 2.75) is 25.6 Å². The van der Waals surface area contributed by atoms with Gasteiger partial charge in [0.15, 0.2) is 5.79 Å². The van der Waals surface area contributed by atoms with Gasteiger partial charge in [-0.3, -0.25) is 9.78 Å². The highest BCUT2D eigenvalue weighted by Crippen LogP contribution is 2.32. The van der Waals surface area contributed by atoms with Crippen LogP contribution in [0.5, 0.6) is 0 Å². The van der Waals surface area contributed by atoms with E-state index in [9.17, 15) is 4.79 Å². The topological polar surface area (TPSA) is 63.7 Å². The van der Waals surface area contributed by atoms with Gasteiger partial charge in [-0.1, -0.05) is 0 Å². The zero-order valence-electron chi connectivity index (χ0n) is 12.3. The van der Waals surface area contributed by atoms with Gasteiger partial charge in [0.2, 0.25) is 0 Å². The number of pyridine rings is 1. The van der Waals surface area contributed by atoms with Crippen molar-refractivity contribution in [2.24, 2.45) is 0 Å². The van der Waals surface area contributed by atoms with Crippen LogP contribution in [0.25, 0.3) is 0 Å². The molecule has 0 saturated carbocycles. The SMILES string of the molecule is CCNC(=O)c1cc(N2CCCC3(C2)OCCO3)ccn1. The molecule has 1 amide bonds. The monoisotopic (exact) mass is 291 g/mol. The van der Waals surface area contributed by atoms with Gasteiger partial charge >= 0.3 is 0 Å². The smallest absolute Gasteiger partial charge is 0.269 e. The van der Waals surface area contributed by atoms with Crippen LogP contribution in [0.4, 0.5) is 5.69 Å². The van der Waals surface area contributed by atoms with Crippen molar-refractivity contribution in [3.63, 3.8) is 0 Å². The Morgan fingerprint density at radius 1 is 1.48 bits per heavy atom. The average molecular weight is 291 g/mol. The predicted molar refractivity (Wildman–Crippen MR) is 78.3 cm³/mol. The lowest BCUT2D eigenvalue weighted by atomic mass is 10.0. The lowest BCUT2D eigenvalue weighted by Crippen LogP contribution is -2.49. The number of amides is 1. The maximum Gasteiger partial charge on any atom is 0.269 e. The molecule has 3 heterocycles. The van der Waals surface area contributed by atoms with E-state index in [4.69, 9.17) is 9.47 Å². The van der Waals surface area contributed by atoms with Gasteiger partial charge in [-0.05, 0) is 25.5 Å². The largest absolute Gasteiger partial charge is 0.366 e. The number of piperidine rings is 1. The minimum atomic E-state index is -0.465. The summed E-state index contributed by atoms with van der Waals surface area (Å²) in [7, 11) is 0. The molecule has 0 aliphatic carbocycles. The first kappa shape index (κ1) is 14.3. The maximum absolute atomic E-state index is 11.9. The summed E-state index contributed by atoms with van der Waals surface area (Å²) in [5.74, 6) is -0.604. The van der Waals surface area contributed by atoms with Gasteiger partial charge in [-0.15, -0.1) is 0 Å². The van der Waals surface area contributed by atoms with Crippen LogP contribution in [-0.2, 0) is 9.47 Å². The molecule has 2 saturated heterocycles. The first-order valence-corrected chi connectivity index (χ1v) is 7.49. The van der Waals surface area contributed by atoms with E-state index >= 15 is 0 Å². The van der Waals surface area contributed by atoms with Crippen molar-refractivity contribution < 1.29 is 14.3 Å². The minimum Gasteiger partial charge on any atom is -0.366 e. The molecule has 0 aromatic carbocycles. The number of ether oxygens (including phenoxy) is 2. The Labute approximate surface area is 124 Å². The minimum absolute atomic E-state index is 0.139.